The van der Waals surface area contributed by atoms with Gasteiger partial charge in [0.25, 0.3) is 0 Å². The molecule has 2 atom stereocenters. The highest BCUT2D eigenvalue weighted by Crippen LogP contribution is 2.67. The number of fused-ring (bicyclic) bond motifs is 1. The lowest BCUT2D eigenvalue weighted by atomic mass is 9.81. The first kappa shape index (κ1) is 20.3. The van der Waals surface area contributed by atoms with E-state index in [1.165, 1.54) is 12.0 Å². The Hall–Kier alpha value is -1.02. The summed E-state index contributed by atoms with van der Waals surface area (Å²) in [7, 11) is 1.78. The predicted molar refractivity (Wildman–Crippen MR) is 88.2 cm³/mol. The van der Waals surface area contributed by atoms with Crippen LogP contribution >= 0.6 is 23.2 Å². The molecule has 2 fully saturated rings. The van der Waals surface area contributed by atoms with Crippen LogP contribution in [0.25, 0.3) is 0 Å². The number of nitrogens with one attached hydrogen (secondary N) is 1. The molecule has 2 aliphatic rings. The number of hydrogen-bond acceptors (Lipinski definition) is 3. The Morgan fingerprint density at radius 1 is 1.36 bits per heavy atom. The fraction of sp³-hybridized carbons (Fsp3) is 0.562. The van der Waals surface area contributed by atoms with Crippen molar-refractivity contribution in [1.29, 1.82) is 0 Å². The van der Waals surface area contributed by atoms with Gasteiger partial charge >= 0.3 is 12.1 Å². The first-order valence-corrected chi connectivity index (χ1v) is 8.29. The van der Waals surface area contributed by atoms with E-state index in [2.05, 4.69) is 11.4 Å². The van der Waals surface area contributed by atoms with Gasteiger partial charge in [0.2, 0.25) is 0 Å². The lowest BCUT2D eigenvalue weighted by molar-refractivity contribution is -0.192. The van der Waals surface area contributed by atoms with Gasteiger partial charge in [-0.25, -0.2) is 4.79 Å². The number of rotatable bonds is 3. The van der Waals surface area contributed by atoms with Crippen LogP contribution in [0.4, 0.5) is 13.2 Å². The van der Waals surface area contributed by atoms with E-state index in [0.717, 1.165) is 26.1 Å². The number of carboxylic acids is 1. The minimum absolute atomic E-state index is 0.239. The summed E-state index contributed by atoms with van der Waals surface area (Å²) in [6.45, 7) is 2.90. The van der Waals surface area contributed by atoms with Gasteiger partial charge in [0, 0.05) is 24.5 Å². The largest absolute Gasteiger partial charge is 0.490 e. The highest BCUT2D eigenvalue weighted by molar-refractivity contribution is 6.42. The van der Waals surface area contributed by atoms with E-state index in [0.29, 0.717) is 10.0 Å². The Morgan fingerprint density at radius 3 is 2.52 bits per heavy atom. The van der Waals surface area contributed by atoms with Crippen LogP contribution in [-0.2, 0) is 14.9 Å². The van der Waals surface area contributed by atoms with Crippen molar-refractivity contribution in [2.45, 2.75) is 24.4 Å². The SMILES string of the molecule is COC[C@]12CNCC[C@@]1(c1ccc(Cl)c(Cl)c1)C2.O=C(O)C(F)(F)F. The van der Waals surface area contributed by atoms with E-state index in [-0.39, 0.29) is 10.8 Å². The molecule has 0 spiro atoms. The summed E-state index contributed by atoms with van der Waals surface area (Å²) >= 11 is 12.2. The molecule has 0 amide bonds. The number of aliphatic carboxylic acids is 1. The molecule has 0 aromatic heterocycles. The molecule has 1 aromatic carbocycles. The van der Waals surface area contributed by atoms with Gasteiger partial charge in [0.1, 0.15) is 0 Å². The molecule has 0 unspecified atom stereocenters. The monoisotopic (exact) mass is 399 g/mol. The van der Waals surface area contributed by atoms with Gasteiger partial charge in [-0.3, -0.25) is 0 Å². The Bertz CT molecular complexity index is 652. The number of carbonyl (C=O) groups is 1. The summed E-state index contributed by atoms with van der Waals surface area (Å²) in [5, 5.41) is 11.9. The van der Waals surface area contributed by atoms with E-state index in [1.54, 1.807) is 7.11 Å². The van der Waals surface area contributed by atoms with E-state index in [9.17, 15) is 13.2 Å². The van der Waals surface area contributed by atoms with Gasteiger partial charge in [-0.1, -0.05) is 29.3 Å². The summed E-state index contributed by atoms with van der Waals surface area (Å²) < 4.78 is 37.2. The van der Waals surface area contributed by atoms with Gasteiger partial charge in [0.15, 0.2) is 0 Å². The highest BCUT2D eigenvalue weighted by atomic mass is 35.5. The summed E-state index contributed by atoms with van der Waals surface area (Å²) in [5.41, 5.74) is 1.80. The third kappa shape index (κ3) is 4.05. The van der Waals surface area contributed by atoms with Crippen molar-refractivity contribution in [3.05, 3.63) is 33.8 Å². The third-order valence-electron chi connectivity index (χ3n) is 4.86. The predicted octanol–water partition coefficient (Wildman–Crippen LogP) is 3.89. The first-order chi connectivity index (χ1) is 11.6. The third-order valence-corrected chi connectivity index (χ3v) is 5.60. The molecule has 25 heavy (non-hydrogen) atoms. The number of benzene rings is 1. The van der Waals surface area contributed by atoms with Gasteiger partial charge in [-0.05, 0) is 37.1 Å². The molecular formula is C16H18Cl2F3NO3. The van der Waals surface area contributed by atoms with E-state index in [1.807, 2.05) is 12.1 Å². The molecule has 140 valence electrons. The van der Waals surface area contributed by atoms with Gasteiger partial charge in [0.05, 0.1) is 16.7 Å². The van der Waals surface area contributed by atoms with Crippen molar-refractivity contribution in [3.8, 4) is 0 Å². The van der Waals surface area contributed by atoms with Gasteiger partial charge in [-0.15, -0.1) is 0 Å². The van der Waals surface area contributed by atoms with Crippen LogP contribution in [-0.4, -0.2) is 44.1 Å². The second-order valence-corrected chi connectivity index (χ2v) is 7.15. The van der Waals surface area contributed by atoms with Crippen molar-refractivity contribution in [1.82, 2.24) is 5.32 Å². The maximum absolute atomic E-state index is 10.6. The first-order valence-electron chi connectivity index (χ1n) is 7.53. The lowest BCUT2D eigenvalue weighted by Gasteiger charge is -2.31. The minimum Gasteiger partial charge on any atom is -0.475 e. The number of methoxy groups -OCH3 is 1. The lowest BCUT2D eigenvalue weighted by Crippen LogP contribution is -2.40. The van der Waals surface area contributed by atoms with E-state index in [4.69, 9.17) is 37.8 Å². The second kappa shape index (κ2) is 7.31. The zero-order valence-electron chi connectivity index (χ0n) is 13.4. The number of hydrogen-bond donors (Lipinski definition) is 2. The number of ether oxygens (including phenoxy) is 1. The zero-order valence-corrected chi connectivity index (χ0v) is 14.9. The van der Waals surface area contributed by atoms with Crippen LogP contribution in [0.2, 0.25) is 10.0 Å². The van der Waals surface area contributed by atoms with Crippen LogP contribution in [0.5, 0.6) is 0 Å². The number of alkyl halides is 3. The molecule has 0 bridgehead atoms. The number of piperidine rings is 1. The Kier molecular flexibility index (Phi) is 5.93. The van der Waals surface area contributed by atoms with Crippen LogP contribution < -0.4 is 5.32 Å². The van der Waals surface area contributed by atoms with Crippen LogP contribution in [0.15, 0.2) is 18.2 Å². The second-order valence-electron chi connectivity index (χ2n) is 6.33. The van der Waals surface area contributed by atoms with Crippen molar-refractivity contribution >= 4 is 29.2 Å². The van der Waals surface area contributed by atoms with Crippen LogP contribution in [0.3, 0.4) is 0 Å². The minimum atomic E-state index is -5.08. The fourth-order valence-electron chi connectivity index (χ4n) is 3.61. The molecule has 4 nitrogen and oxygen atoms in total. The van der Waals surface area contributed by atoms with Crippen molar-refractivity contribution in [2.24, 2.45) is 5.41 Å². The Labute approximate surface area is 153 Å². The molecule has 1 aliphatic carbocycles. The quantitative estimate of drug-likeness (QED) is 0.809. The van der Waals surface area contributed by atoms with Crippen LogP contribution in [0.1, 0.15) is 18.4 Å². The topological polar surface area (TPSA) is 58.6 Å². The molecule has 1 aromatic rings. The summed E-state index contributed by atoms with van der Waals surface area (Å²) in [5.74, 6) is -2.76. The van der Waals surface area contributed by atoms with Gasteiger partial charge < -0.3 is 15.2 Å². The van der Waals surface area contributed by atoms with Crippen molar-refractivity contribution < 1.29 is 27.8 Å². The summed E-state index contributed by atoms with van der Waals surface area (Å²) in [6.07, 6.45) is -2.76. The number of halogens is 5. The maximum Gasteiger partial charge on any atom is 0.490 e. The van der Waals surface area contributed by atoms with Gasteiger partial charge in [-0.2, -0.15) is 13.2 Å². The molecule has 1 saturated carbocycles. The average molecular weight is 400 g/mol. The highest BCUT2D eigenvalue weighted by Gasteiger charge is 2.68. The molecular weight excluding hydrogens is 382 g/mol. The van der Waals surface area contributed by atoms with E-state index >= 15 is 0 Å². The summed E-state index contributed by atoms with van der Waals surface area (Å²) in [6, 6.07) is 6.06. The molecule has 3 rings (SSSR count). The summed E-state index contributed by atoms with van der Waals surface area (Å²) in [4.78, 5) is 8.90. The molecule has 1 heterocycles. The molecule has 1 saturated heterocycles. The normalized spacial score (nSPS) is 27.8. The van der Waals surface area contributed by atoms with Crippen molar-refractivity contribution in [2.75, 3.05) is 26.8 Å². The van der Waals surface area contributed by atoms with Crippen molar-refractivity contribution in [3.63, 3.8) is 0 Å². The molecule has 9 heteroatoms. The standard InChI is InChI=1S/C14H17Cl2NO.C2HF3O2/c1-18-9-13-7-14(13,4-5-17-8-13)10-2-3-11(15)12(16)6-10;3-2(4,5)1(6)7/h2-3,6,17H,4-5,7-9H2,1H3;(H,6,7)/t13-,14-;/m0./s1. The smallest absolute Gasteiger partial charge is 0.475 e. The fourth-order valence-corrected chi connectivity index (χ4v) is 3.91. The Morgan fingerprint density at radius 2 is 2.00 bits per heavy atom. The van der Waals surface area contributed by atoms with Crippen LogP contribution in [0, 0.1) is 5.41 Å². The Balaban J connectivity index is 0.000000277. The average Bonchev–Trinajstić information content (AvgIpc) is 3.20. The molecule has 1 aliphatic heterocycles. The maximum atomic E-state index is 10.6. The van der Waals surface area contributed by atoms with E-state index < -0.39 is 12.1 Å². The molecule has 0 radical (unpaired) electrons. The number of carboxylic acid groups (broad SMARTS) is 1. The molecule has 2 N–H and O–H groups in total. The zero-order chi connectivity index (χ0) is 18.9.